The van der Waals surface area contributed by atoms with Crippen LogP contribution in [0.3, 0.4) is 0 Å². The first kappa shape index (κ1) is 12.9. The van der Waals surface area contributed by atoms with Gasteiger partial charge in [0.2, 0.25) is 0 Å². The molecular formula is C12H20N2O2S. The molecule has 2 atom stereocenters. The van der Waals surface area contributed by atoms with E-state index < -0.39 is 6.10 Å². The summed E-state index contributed by atoms with van der Waals surface area (Å²) >= 11 is 1.33. The fourth-order valence-corrected chi connectivity index (χ4v) is 2.94. The molecule has 0 radical (unpaired) electrons. The van der Waals surface area contributed by atoms with Crippen molar-refractivity contribution in [2.45, 2.75) is 57.7 Å². The van der Waals surface area contributed by atoms with E-state index in [0.29, 0.717) is 6.10 Å². The second-order valence-corrected chi connectivity index (χ2v) is 5.35. The lowest BCUT2D eigenvalue weighted by molar-refractivity contribution is 0.0818. The Morgan fingerprint density at radius 3 is 3.18 bits per heavy atom. The van der Waals surface area contributed by atoms with E-state index in [-0.39, 0.29) is 0 Å². The SMILES string of the molecule is CCCc1nnsc1C(O)CCC1CCCO1. The van der Waals surface area contributed by atoms with Crippen LogP contribution in [0, 0.1) is 0 Å². The Balaban J connectivity index is 1.85. The summed E-state index contributed by atoms with van der Waals surface area (Å²) in [5.41, 5.74) is 0.970. The number of aromatic nitrogens is 2. The molecule has 0 spiro atoms. The molecule has 1 fully saturated rings. The van der Waals surface area contributed by atoms with E-state index in [9.17, 15) is 5.11 Å². The maximum absolute atomic E-state index is 10.2. The highest BCUT2D eigenvalue weighted by Gasteiger charge is 2.20. The van der Waals surface area contributed by atoms with E-state index >= 15 is 0 Å². The third-order valence-corrected chi connectivity index (χ3v) is 4.03. The maximum Gasteiger partial charge on any atom is 0.0918 e. The van der Waals surface area contributed by atoms with Crippen LogP contribution < -0.4 is 0 Å². The Morgan fingerprint density at radius 1 is 1.59 bits per heavy atom. The molecule has 0 amide bonds. The largest absolute Gasteiger partial charge is 0.387 e. The summed E-state index contributed by atoms with van der Waals surface area (Å²) in [6, 6.07) is 0. The Hall–Kier alpha value is -0.520. The van der Waals surface area contributed by atoms with E-state index in [0.717, 1.165) is 55.7 Å². The van der Waals surface area contributed by atoms with Gasteiger partial charge in [0.15, 0.2) is 0 Å². The summed E-state index contributed by atoms with van der Waals surface area (Å²) in [5, 5.41) is 14.2. The van der Waals surface area contributed by atoms with Crippen molar-refractivity contribution in [2.75, 3.05) is 6.61 Å². The topological polar surface area (TPSA) is 55.2 Å². The van der Waals surface area contributed by atoms with Gasteiger partial charge in [0, 0.05) is 6.61 Å². The molecular weight excluding hydrogens is 236 g/mol. The number of aliphatic hydroxyl groups excluding tert-OH is 1. The zero-order valence-electron chi connectivity index (χ0n) is 10.3. The third kappa shape index (κ3) is 3.47. The van der Waals surface area contributed by atoms with Gasteiger partial charge in [-0.25, -0.2) is 0 Å². The van der Waals surface area contributed by atoms with Gasteiger partial charge >= 0.3 is 0 Å². The Kier molecular flexibility index (Phi) is 4.88. The van der Waals surface area contributed by atoms with Crippen molar-refractivity contribution >= 4 is 11.5 Å². The number of hydrogen-bond acceptors (Lipinski definition) is 5. The van der Waals surface area contributed by atoms with Crippen molar-refractivity contribution in [3.63, 3.8) is 0 Å². The molecule has 1 aliphatic heterocycles. The molecule has 2 rings (SSSR count). The predicted molar refractivity (Wildman–Crippen MR) is 67.1 cm³/mol. The van der Waals surface area contributed by atoms with E-state index in [1.165, 1.54) is 11.5 Å². The molecule has 4 nitrogen and oxygen atoms in total. The fraction of sp³-hybridized carbons (Fsp3) is 0.833. The quantitative estimate of drug-likeness (QED) is 0.849. The highest BCUT2D eigenvalue weighted by atomic mass is 32.1. The van der Waals surface area contributed by atoms with Crippen LogP contribution in [0.15, 0.2) is 0 Å². The number of rotatable bonds is 6. The van der Waals surface area contributed by atoms with Crippen molar-refractivity contribution in [1.82, 2.24) is 9.59 Å². The summed E-state index contributed by atoms with van der Waals surface area (Å²) in [6.45, 7) is 2.99. The van der Waals surface area contributed by atoms with E-state index in [1.54, 1.807) is 0 Å². The first-order chi connectivity index (χ1) is 8.31. The van der Waals surface area contributed by atoms with E-state index in [4.69, 9.17) is 4.74 Å². The third-order valence-electron chi connectivity index (χ3n) is 3.16. The van der Waals surface area contributed by atoms with Crippen LogP contribution in [0.5, 0.6) is 0 Å². The summed E-state index contributed by atoms with van der Waals surface area (Å²) in [6.07, 6.45) is 5.86. The fourth-order valence-electron chi connectivity index (χ4n) is 2.23. The number of aliphatic hydroxyl groups is 1. The van der Waals surface area contributed by atoms with Crippen LogP contribution in [0.2, 0.25) is 0 Å². The van der Waals surface area contributed by atoms with E-state index in [2.05, 4.69) is 16.5 Å². The lowest BCUT2D eigenvalue weighted by atomic mass is 10.0. The molecule has 1 saturated heterocycles. The van der Waals surface area contributed by atoms with Crippen molar-refractivity contribution in [3.05, 3.63) is 10.6 Å². The number of ether oxygens (including phenoxy) is 1. The molecule has 1 N–H and O–H groups in total. The summed E-state index contributed by atoms with van der Waals surface area (Å²) in [5.74, 6) is 0. The molecule has 96 valence electrons. The zero-order valence-corrected chi connectivity index (χ0v) is 11.1. The van der Waals surface area contributed by atoms with Gasteiger partial charge in [-0.15, -0.1) is 5.10 Å². The van der Waals surface area contributed by atoms with Gasteiger partial charge in [-0.1, -0.05) is 17.8 Å². The molecule has 0 aliphatic carbocycles. The molecule has 5 heteroatoms. The van der Waals surface area contributed by atoms with Crippen molar-refractivity contribution in [3.8, 4) is 0 Å². The van der Waals surface area contributed by atoms with Crippen LogP contribution in [-0.4, -0.2) is 27.4 Å². The van der Waals surface area contributed by atoms with E-state index in [1.807, 2.05) is 0 Å². The number of aryl methyl sites for hydroxylation is 1. The summed E-state index contributed by atoms with van der Waals surface area (Å²) in [4.78, 5) is 0.949. The highest BCUT2D eigenvalue weighted by molar-refractivity contribution is 7.05. The van der Waals surface area contributed by atoms with Crippen LogP contribution >= 0.6 is 11.5 Å². The minimum atomic E-state index is -0.416. The number of nitrogens with zero attached hydrogens (tertiary/aromatic N) is 2. The summed E-state index contributed by atoms with van der Waals surface area (Å²) < 4.78 is 9.50. The molecule has 1 aromatic heterocycles. The molecule has 1 aromatic rings. The van der Waals surface area contributed by atoms with Crippen LogP contribution in [0.4, 0.5) is 0 Å². The van der Waals surface area contributed by atoms with Gasteiger partial charge in [-0.2, -0.15) is 0 Å². The molecule has 0 aromatic carbocycles. The molecule has 17 heavy (non-hydrogen) atoms. The lowest BCUT2D eigenvalue weighted by Gasteiger charge is -2.13. The normalized spacial score (nSPS) is 21.9. The molecule has 2 unspecified atom stereocenters. The van der Waals surface area contributed by atoms with Crippen molar-refractivity contribution in [2.24, 2.45) is 0 Å². The highest BCUT2D eigenvalue weighted by Crippen LogP contribution is 2.27. The lowest BCUT2D eigenvalue weighted by Crippen LogP contribution is -2.08. The van der Waals surface area contributed by atoms with Gasteiger partial charge in [0.1, 0.15) is 0 Å². The smallest absolute Gasteiger partial charge is 0.0918 e. The zero-order chi connectivity index (χ0) is 12.1. The van der Waals surface area contributed by atoms with Gasteiger partial charge in [0.05, 0.1) is 22.8 Å². The minimum absolute atomic E-state index is 0.347. The second kappa shape index (κ2) is 6.42. The molecule has 1 aliphatic rings. The standard InChI is InChI=1S/C12H20N2O2S/c1-2-4-10-12(17-14-13-10)11(15)7-6-9-5-3-8-16-9/h9,11,15H,2-8H2,1H3. The monoisotopic (exact) mass is 256 g/mol. The van der Waals surface area contributed by atoms with Crippen molar-refractivity contribution in [1.29, 1.82) is 0 Å². The van der Waals surface area contributed by atoms with Gasteiger partial charge < -0.3 is 9.84 Å². The Labute approximate surface area is 106 Å². The molecule has 0 saturated carbocycles. The average molecular weight is 256 g/mol. The summed E-state index contributed by atoms with van der Waals surface area (Å²) in [7, 11) is 0. The Morgan fingerprint density at radius 2 is 2.47 bits per heavy atom. The second-order valence-electron chi connectivity index (χ2n) is 4.56. The number of hydrogen-bond donors (Lipinski definition) is 1. The van der Waals surface area contributed by atoms with Gasteiger partial charge in [0.25, 0.3) is 0 Å². The first-order valence-corrected chi connectivity index (χ1v) is 7.19. The maximum atomic E-state index is 10.2. The first-order valence-electron chi connectivity index (χ1n) is 6.42. The van der Waals surface area contributed by atoms with Gasteiger partial charge in [-0.3, -0.25) is 0 Å². The molecule has 0 bridgehead atoms. The Bertz CT molecular complexity index is 337. The average Bonchev–Trinajstić information content (AvgIpc) is 2.97. The molecule has 2 heterocycles. The van der Waals surface area contributed by atoms with Crippen molar-refractivity contribution < 1.29 is 9.84 Å². The van der Waals surface area contributed by atoms with Gasteiger partial charge in [-0.05, 0) is 43.6 Å². The predicted octanol–water partition coefficient (Wildman–Crippen LogP) is 2.48. The van der Waals surface area contributed by atoms with Crippen LogP contribution in [0.25, 0.3) is 0 Å². The van der Waals surface area contributed by atoms with Crippen LogP contribution in [-0.2, 0) is 11.2 Å². The minimum Gasteiger partial charge on any atom is -0.387 e. The van der Waals surface area contributed by atoms with Crippen LogP contribution in [0.1, 0.15) is 55.7 Å².